The molecule has 1 nitrogen and oxygen atoms in total. The van der Waals surface area contributed by atoms with Crippen LogP contribution in [0.3, 0.4) is 0 Å². The monoisotopic (exact) mass is 156 g/mol. The number of aliphatic hydroxyl groups is 1. The van der Waals surface area contributed by atoms with Gasteiger partial charge in [-0.2, -0.15) is 0 Å². The fraction of sp³-hybridized carbons (Fsp3) is 1.00. The van der Waals surface area contributed by atoms with Crippen molar-refractivity contribution in [3.63, 3.8) is 0 Å². The van der Waals surface area contributed by atoms with Crippen LogP contribution in [-0.2, 0) is 0 Å². The average molecular weight is 156 g/mol. The highest BCUT2D eigenvalue weighted by atomic mass is 16.3. The third kappa shape index (κ3) is 2.48. The maximum atomic E-state index is 9.53. The van der Waals surface area contributed by atoms with Crippen LogP contribution in [0.2, 0.25) is 0 Å². The summed E-state index contributed by atoms with van der Waals surface area (Å²) in [6.45, 7) is 4.51. The Kier molecular flexibility index (Phi) is 3.38. The molecule has 1 unspecified atom stereocenters. The van der Waals surface area contributed by atoms with Gasteiger partial charge in [-0.1, -0.05) is 26.7 Å². The summed E-state index contributed by atoms with van der Waals surface area (Å²) >= 11 is 0. The predicted octanol–water partition coefficient (Wildman–Crippen LogP) is 2.58. The van der Waals surface area contributed by atoms with Crippen LogP contribution in [-0.4, -0.2) is 11.2 Å². The number of hydrogen-bond donors (Lipinski definition) is 1. The van der Waals surface area contributed by atoms with Gasteiger partial charge in [-0.05, 0) is 31.1 Å². The van der Waals surface area contributed by atoms with Gasteiger partial charge in [-0.3, -0.25) is 0 Å². The summed E-state index contributed by atoms with van der Waals surface area (Å²) in [4.78, 5) is 0. The molecule has 1 N–H and O–H groups in total. The predicted molar refractivity (Wildman–Crippen MR) is 47.4 cm³/mol. The third-order valence-corrected chi connectivity index (χ3v) is 3.02. The lowest BCUT2D eigenvalue weighted by Crippen LogP contribution is -2.15. The zero-order valence-electron chi connectivity index (χ0n) is 7.71. The Hall–Kier alpha value is -0.0400. The minimum Gasteiger partial charge on any atom is -0.393 e. The van der Waals surface area contributed by atoms with E-state index in [1.54, 1.807) is 0 Å². The lowest BCUT2D eigenvalue weighted by molar-refractivity contribution is 0.118. The van der Waals surface area contributed by atoms with Crippen molar-refractivity contribution in [3.05, 3.63) is 0 Å². The number of aliphatic hydroxyl groups excluding tert-OH is 1. The van der Waals surface area contributed by atoms with Gasteiger partial charge in [-0.25, -0.2) is 0 Å². The summed E-state index contributed by atoms with van der Waals surface area (Å²) in [5, 5.41) is 9.53. The molecule has 66 valence electrons. The summed E-state index contributed by atoms with van der Waals surface area (Å²) < 4.78 is 0. The molecule has 1 heteroatoms. The normalized spacial score (nSPS) is 34.1. The van der Waals surface area contributed by atoms with Gasteiger partial charge < -0.3 is 5.11 Å². The van der Waals surface area contributed by atoms with Crippen molar-refractivity contribution in [2.75, 3.05) is 0 Å². The second-order valence-electron chi connectivity index (χ2n) is 4.01. The molecule has 3 atom stereocenters. The van der Waals surface area contributed by atoms with E-state index in [-0.39, 0.29) is 6.10 Å². The Labute approximate surface area is 69.8 Å². The highest BCUT2D eigenvalue weighted by Gasteiger charge is 2.25. The first kappa shape index (κ1) is 9.05. The number of rotatable bonds is 3. The van der Waals surface area contributed by atoms with E-state index in [1.807, 2.05) is 0 Å². The van der Waals surface area contributed by atoms with Crippen molar-refractivity contribution < 1.29 is 5.11 Å². The summed E-state index contributed by atoms with van der Waals surface area (Å²) in [7, 11) is 0. The first-order valence-corrected chi connectivity index (χ1v) is 4.92. The zero-order valence-corrected chi connectivity index (χ0v) is 7.71. The molecule has 1 aliphatic carbocycles. The number of hydrogen-bond acceptors (Lipinski definition) is 1. The largest absolute Gasteiger partial charge is 0.393 e. The van der Waals surface area contributed by atoms with E-state index < -0.39 is 0 Å². The maximum absolute atomic E-state index is 9.53. The van der Waals surface area contributed by atoms with Gasteiger partial charge in [0, 0.05) is 0 Å². The SMILES string of the molecule is CCC(C)C[C@@H]1CCC[C@H]1O. The Morgan fingerprint density at radius 2 is 2.18 bits per heavy atom. The molecule has 0 aromatic rings. The van der Waals surface area contributed by atoms with E-state index in [9.17, 15) is 5.11 Å². The van der Waals surface area contributed by atoms with Gasteiger partial charge in [0.1, 0.15) is 0 Å². The highest BCUT2D eigenvalue weighted by Crippen LogP contribution is 2.31. The van der Waals surface area contributed by atoms with E-state index in [0.29, 0.717) is 5.92 Å². The van der Waals surface area contributed by atoms with Crippen LogP contribution in [0.4, 0.5) is 0 Å². The van der Waals surface area contributed by atoms with Crippen molar-refractivity contribution in [3.8, 4) is 0 Å². The molecule has 1 fully saturated rings. The lowest BCUT2D eigenvalue weighted by Gasteiger charge is -2.17. The summed E-state index contributed by atoms with van der Waals surface area (Å²) in [5.74, 6) is 1.41. The van der Waals surface area contributed by atoms with E-state index in [2.05, 4.69) is 13.8 Å². The van der Waals surface area contributed by atoms with Crippen LogP contribution >= 0.6 is 0 Å². The molecule has 0 saturated heterocycles. The van der Waals surface area contributed by atoms with Crippen molar-refractivity contribution >= 4 is 0 Å². The first-order valence-electron chi connectivity index (χ1n) is 4.92. The quantitative estimate of drug-likeness (QED) is 0.666. The molecule has 0 aliphatic heterocycles. The molecule has 11 heavy (non-hydrogen) atoms. The fourth-order valence-corrected chi connectivity index (χ4v) is 1.98. The Bertz CT molecular complexity index is 111. The van der Waals surface area contributed by atoms with Gasteiger partial charge in [-0.15, -0.1) is 0 Å². The molecule has 0 amide bonds. The molecule has 1 saturated carbocycles. The van der Waals surface area contributed by atoms with Crippen LogP contribution in [0.15, 0.2) is 0 Å². The summed E-state index contributed by atoms with van der Waals surface area (Å²) in [6, 6.07) is 0. The van der Waals surface area contributed by atoms with Crippen LogP contribution in [0.1, 0.15) is 46.0 Å². The second-order valence-corrected chi connectivity index (χ2v) is 4.01. The second kappa shape index (κ2) is 4.10. The third-order valence-electron chi connectivity index (χ3n) is 3.02. The van der Waals surface area contributed by atoms with E-state index in [4.69, 9.17) is 0 Å². The maximum Gasteiger partial charge on any atom is 0.0568 e. The molecule has 0 radical (unpaired) electrons. The van der Waals surface area contributed by atoms with Gasteiger partial charge >= 0.3 is 0 Å². The Morgan fingerprint density at radius 3 is 2.64 bits per heavy atom. The lowest BCUT2D eigenvalue weighted by atomic mass is 9.92. The molecular formula is C10H20O. The van der Waals surface area contributed by atoms with Crippen molar-refractivity contribution in [1.29, 1.82) is 0 Å². The molecule has 1 aliphatic rings. The summed E-state index contributed by atoms with van der Waals surface area (Å²) in [6.07, 6.45) is 6.04. The zero-order chi connectivity index (χ0) is 8.27. The molecule has 1 rings (SSSR count). The topological polar surface area (TPSA) is 20.2 Å². The van der Waals surface area contributed by atoms with Crippen LogP contribution in [0, 0.1) is 11.8 Å². The van der Waals surface area contributed by atoms with Crippen molar-refractivity contribution in [2.45, 2.75) is 52.1 Å². The van der Waals surface area contributed by atoms with E-state index >= 15 is 0 Å². The van der Waals surface area contributed by atoms with Gasteiger partial charge in [0.05, 0.1) is 6.10 Å². The van der Waals surface area contributed by atoms with Crippen LogP contribution in [0.5, 0.6) is 0 Å². The first-order chi connectivity index (χ1) is 5.24. The van der Waals surface area contributed by atoms with E-state index in [0.717, 1.165) is 12.3 Å². The molecule has 0 aromatic carbocycles. The van der Waals surface area contributed by atoms with Crippen molar-refractivity contribution in [2.24, 2.45) is 11.8 Å². The van der Waals surface area contributed by atoms with Crippen molar-refractivity contribution in [1.82, 2.24) is 0 Å². The smallest absolute Gasteiger partial charge is 0.0568 e. The minimum absolute atomic E-state index is 0.0176. The van der Waals surface area contributed by atoms with E-state index in [1.165, 1.54) is 25.7 Å². The molecule has 0 bridgehead atoms. The van der Waals surface area contributed by atoms with Gasteiger partial charge in [0.2, 0.25) is 0 Å². The molecule has 0 heterocycles. The Balaban J connectivity index is 2.24. The average Bonchev–Trinajstić information content (AvgIpc) is 2.37. The summed E-state index contributed by atoms with van der Waals surface area (Å²) in [5.41, 5.74) is 0. The minimum atomic E-state index is 0.0176. The standard InChI is InChI=1S/C10H20O/c1-3-8(2)7-9-5-4-6-10(9)11/h8-11H,3-7H2,1-2H3/t8?,9-,10+/m0/s1. The fourth-order valence-electron chi connectivity index (χ4n) is 1.98. The van der Waals surface area contributed by atoms with Crippen LogP contribution in [0.25, 0.3) is 0 Å². The molecular weight excluding hydrogens is 136 g/mol. The Morgan fingerprint density at radius 1 is 1.45 bits per heavy atom. The molecule has 0 spiro atoms. The van der Waals surface area contributed by atoms with Gasteiger partial charge in [0.25, 0.3) is 0 Å². The van der Waals surface area contributed by atoms with Crippen LogP contribution < -0.4 is 0 Å². The molecule has 0 aromatic heterocycles. The van der Waals surface area contributed by atoms with Gasteiger partial charge in [0.15, 0.2) is 0 Å². The highest BCUT2D eigenvalue weighted by molar-refractivity contribution is 4.77.